The molecule has 0 bridgehead atoms. The van der Waals surface area contributed by atoms with Crippen molar-refractivity contribution in [2.75, 3.05) is 47.6 Å². The first-order valence-corrected chi connectivity index (χ1v) is 8.38. The quantitative estimate of drug-likeness (QED) is 0.591. The molecule has 0 saturated heterocycles. The van der Waals surface area contributed by atoms with Crippen LogP contribution in [0.1, 0.15) is 30.1 Å². The molecule has 0 aromatic heterocycles. The van der Waals surface area contributed by atoms with Crippen LogP contribution in [0.15, 0.2) is 12.1 Å². The van der Waals surface area contributed by atoms with Gasteiger partial charge in [-0.3, -0.25) is 9.59 Å². The van der Waals surface area contributed by atoms with E-state index in [1.165, 1.54) is 26.2 Å². The van der Waals surface area contributed by atoms with Gasteiger partial charge in [0.25, 0.3) is 5.91 Å². The Bertz CT molecular complexity index is 578. The van der Waals surface area contributed by atoms with Gasteiger partial charge in [0.15, 0.2) is 11.5 Å². The van der Waals surface area contributed by atoms with Gasteiger partial charge in [0.05, 0.1) is 34.4 Å². The molecular formula is C18H27NO7. The van der Waals surface area contributed by atoms with Crippen molar-refractivity contribution in [2.24, 2.45) is 0 Å². The zero-order valence-corrected chi connectivity index (χ0v) is 15.7. The summed E-state index contributed by atoms with van der Waals surface area (Å²) in [4.78, 5) is 26.0. The summed E-state index contributed by atoms with van der Waals surface area (Å²) >= 11 is 0. The number of benzene rings is 1. The van der Waals surface area contributed by atoms with Crippen molar-refractivity contribution < 1.29 is 33.6 Å². The average Bonchev–Trinajstić information content (AvgIpc) is 2.66. The van der Waals surface area contributed by atoms with Crippen LogP contribution in [0, 0.1) is 0 Å². The number of hydrogen-bond donors (Lipinski definition) is 1. The molecule has 0 atom stereocenters. The summed E-state index contributed by atoms with van der Waals surface area (Å²) in [6.45, 7) is 2.46. The van der Waals surface area contributed by atoms with Crippen LogP contribution in [0.2, 0.25) is 0 Å². The molecule has 0 spiro atoms. The Morgan fingerprint density at radius 3 is 2.12 bits per heavy atom. The highest BCUT2D eigenvalue weighted by Crippen LogP contribution is 2.38. The number of amides is 1. The minimum atomic E-state index is -0.376. The minimum absolute atomic E-state index is 0.0571. The molecule has 1 N–H and O–H groups in total. The molecule has 0 aliphatic heterocycles. The van der Waals surface area contributed by atoms with Gasteiger partial charge in [0, 0.05) is 25.3 Å². The number of rotatable bonds is 11. The Morgan fingerprint density at radius 2 is 1.65 bits per heavy atom. The van der Waals surface area contributed by atoms with E-state index in [0.29, 0.717) is 35.8 Å². The fourth-order valence-corrected chi connectivity index (χ4v) is 2.42. The summed E-state index contributed by atoms with van der Waals surface area (Å²) in [6.07, 6.45) is 0.481. The highest BCUT2D eigenvalue weighted by molar-refractivity contribution is 5.96. The fourth-order valence-electron chi connectivity index (χ4n) is 2.42. The van der Waals surface area contributed by atoms with E-state index in [1.54, 1.807) is 19.1 Å². The second-order valence-corrected chi connectivity index (χ2v) is 5.34. The van der Waals surface area contributed by atoms with E-state index in [-0.39, 0.29) is 38.1 Å². The molecule has 0 radical (unpaired) electrons. The maximum absolute atomic E-state index is 12.9. The molecular weight excluding hydrogens is 342 g/mol. The number of ether oxygens (including phenoxy) is 4. The SMILES string of the molecule is CCOC(=O)CCN(CCCO)C(=O)c1cc(OC)c(OC)c(OC)c1. The van der Waals surface area contributed by atoms with Crippen LogP contribution in [-0.4, -0.2) is 69.5 Å². The number of carbonyl (C=O) groups is 2. The summed E-state index contributed by atoms with van der Waals surface area (Å²) in [5, 5.41) is 9.08. The van der Waals surface area contributed by atoms with Gasteiger partial charge in [-0.2, -0.15) is 0 Å². The van der Waals surface area contributed by atoms with E-state index >= 15 is 0 Å². The van der Waals surface area contributed by atoms with Crippen LogP contribution in [0.3, 0.4) is 0 Å². The number of esters is 1. The summed E-state index contributed by atoms with van der Waals surface area (Å²) in [5.41, 5.74) is 0.335. The van der Waals surface area contributed by atoms with Gasteiger partial charge in [0.1, 0.15) is 0 Å². The zero-order chi connectivity index (χ0) is 19.5. The van der Waals surface area contributed by atoms with Crippen LogP contribution in [0.5, 0.6) is 17.2 Å². The first-order chi connectivity index (χ1) is 12.5. The number of hydrogen-bond acceptors (Lipinski definition) is 7. The van der Waals surface area contributed by atoms with Crippen LogP contribution >= 0.6 is 0 Å². The van der Waals surface area contributed by atoms with Crippen molar-refractivity contribution in [3.8, 4) is 17.2 Å². The van der Waals surface area contributed by atoms with Crippen molar-refractivity contribution in [2.45, 2.75) is 19.8 Å². The third kappa shape index (κ3) is 5.80. The molecule has 1 aromatic rings. The van der Waals surface area contributed by atoms with Gasteiger partial charge in [-0.05, 0) is 25.5 Å². The van der Waals surface area contributed by atoms with Gasteiger partial charge in [-0.25, -0.2) is 0 Å². The van der Waals surface area contributed by atoms with Gasteiger partial charge in [-0.1, -0.05) is 0 Å². The zero-order valence-electron chi connectivity index (χ0n) is 15.7. The largest absolute Gasteiger partial charge is 0.493 e. The van der Waals surface area contributed by atoms with Crippen molar-refractivity contribution in [1.82, 2.24) is 4.90 Å². The van der Waals surface area contributed by atoms with E-state index in [1.807, 2.05) is 0 Å². The summed E-state index contributed by atoms with van der Waals surface area (Å²) < 4.78 is 20.7. The highest BCUT2D eigenvalue weighted by Gasteiger charge is 2.21. The predicted molar refractivity (Wildman–Crippen MR) is 95.0 cm³/mol. The number of carbonyl (C=O) groups excluding carboxylic acids is 2. The molecule has 0 saturated carbocycles. The summed E-state index contributed by atoms with van der Waals surface area (Å²) in [6, 6.07) is 3.11. The molecule has 0 heterocycles. The summed E-state index contributed by atoms with van der Waals surface area (Å²) in [5.74, 6) is 0.437. The molecule has 8 heteroatoms. The molecule has 8 nitrogen and oxygen atoms in total. The number of aliphatic hydroxyl groups excluding tert-OH is 1. The van der Waals surface area contributed by atoms with E-state index < -0.39 is 0 Å². The maximum atomic E-state index is 12.9. The molecule has 1 aromatic carbocycles. The third-order valence-corrected chi connectivity index (χ3v) is 3.68. The van der Waals surface area contributed by atoms with Crippen LogP contribution < -0.4 is 14.2 Å². The van der Waals surface area contributed by atoms with Gasteiger partial charge >= 0.3 is 5.97 Å². The normalized spacial score (nSPS) is 10.2. The van der Waals surface area contributed by atoms with Crippen molar-refractivity contribution in [3.05, 3.63) is 17.7 Å². The standard InChI is InChI=1S/C18H27NO7/c1-5-26-16(21)7-9-19(8-6-10-20)18(22)13-11-14(23-2)17(25-4)15(12-13)24-3/h11-12,20H,5-10H2,1-4H3. The number of methoxy groups -OCH3 is 3. The van der Waals surface area contributed by atoms with Crippen molar-refractivity contribution in [1.29, 1.82) is 0 Å². The maximum Gasteiger partial charge on any atom is 0.307 e. The van der Waals surface area contributed by atoms with E-state index in [4.69, 9.17) is 24.1 Å². The Hall–Kier alpha value is -2.48. The van der Waals surface area contributed by atoms with Crippen molar-refractivity contribution >= 4 is 11.9 Å². The molecule has 26 heavy (non-hydrogen) atoms. The molecule has 0 fully saturated rings. The second-order valence-electron chi connectivity index (χ2n) is 5.34. The molecule has 0 aliphatic rings. The fraction of sp³-hybridized carbons (Fsp3) is 0.556. The van der Waals surface area contributed by atoms with E-state index in [2.05, 4.69) is 0 Å². The lowest BCUT2D eigenvalue weighted by Crippen LogP contribution is -2.34. The Labute approximate surface area is 153 Å². The Morgan fingerprint density at radius 1 is 1.04 bits per heavy atom. The molecule has 0 unspecified atom stereocenters. The van der Waals surface area contributed by atoms with Gasteiger partial charge in [-0.15, -0.1) is 0 Å². The van der Waals surface area contributed by atoms with Gasteiger partial charge < -0.3 is 29.0 Å². The molecule has 0 aliphatic carbocycles. The molecule has 146 valence electrons. The minimum Gasteiger partial charge on any atom is -0.493 e. The smallest absolute Gasteiger partial charge is 0.307 e. The first kappa shape index (κ1) is 21.6. The second kappa shape index (κ2) is 11.2. The first-order valence-electron chi connectivity index (χ1n) is 8.38. The van der Waals surface area contributed by atoms with Crippen LogP contribution in [0.4, 0.5) is 0 Å². The van der Waals surface area contributed by atoms with Crippen molar-refractivity contribution in [3.63, 3.8) is 0 Å². The van der Waals surface area contributed by atoms with Gasteiger partial charge in [0.2, 0.25) is 5.75 Å². The monoisotopic (exact) mass is 369 g/mol. The lowest BCUT2D eigenvalue weighted by atomic mass is 10.1. The number of nitrogens with zero attached hydrogens (tertiary/aromatic N) is 1. The lowest BCUT2D eigenvalue weighted by Gasteiger charge is -2.23. The molecule has 1 rings (SSSR count). The topological polar surface area (TPSA) is 94.5 Å². The lowest BCUT2D eigenvalue weighted by molar-refractivity contribution is -0.143. The van der Waals surface area contributed by atoms with Crippen LogP contribution in [0.25, 0.3) is 0 Å². The highest BCUT2D eigenvalue weighted by atomic mass is 16.5. The Balaban J connectivity index is 3.07. The van der Waals surface area contributed by atoms with Crippen LogP contribution in [-0.2, 0) is 9.53 Å². The third-order valence-electron chi connectivity index (χ3n) is 3.68. The molecule has 1 amide bonds. The predicted octanol–water partition coefficient (Wildman–Crippen LogP) is 1.49. The average molecular weight is 369 g/mol. The van der Waals surface area contributed by atoms with E-state index in [9.17, 15) is 9.59 Å². The summed E-state index contributed by atoms with van der Waals surface area (Å²) in [7, 11) is 4.42. The van der Waals surface area contributed by atoms with E-state index in [0.717, 1.165) is 0 Å². The number of aliphatic hydroxyl groups is 1. The Kier molecular flexibility index (Phi) is 9.29.